The number of aromatic nitrogens is 2. The number of rotatable bonds is 0. The van der Waals surface area contributed by atoms with Crippen molar-refractivity contribution in [2.24, 2.45) is 0 Å². The summed E-state index contributed by atoms with van der Waals surface area (Å²) in [7, 11) is 0. The lowest BCUT2D eigenvalue weighted by Crippen LogP contribution is -2.16. The molecule has 4 N–H and O–H groups in total. The van der Waals surface area contributed by atoms with E-state index in [1.54, 1.807) is 0 Å². The third kappa shape index (κ3) is 2.78. The number of benzene rings is 1. The Morgan fingerprint density at radius 2 is 2.07 bits per heavy atom. The lowest BCUT2D eigenvalue weighted by Gasteiger charge is -1.77. The summed E-state index contributed by atoms with van der Waals surface area (Å²) >= 11 is 0. The van der Waals surface area contributed by atoms with Crippen molar-refractivity contribution < 1.29 is 14.9 Å². The SMILES string of the molecule is CC(=O)[O-].Nc1[nH]c2ccccc2[nH+]1. The van der Waals surface area contributed by atoms with Crippen molar-refractivity contribution in [1.29, 1.82) is 0 Å². The number of para-hydroxylation sites is 2. The molecule has 0 bridgehead atoms. The summed E-state index contributed by atoms with van der Waals surface area (Å²) < 4.78 is 0. The van der Waals surface area contributed by atoms with Gasteiger partial charge in [-0.3, -0.25) is 5.73 Å². The molecule has 2 aromatic rings. The van der Waals surface area contributed by atoms with Crippen LogP contribution >= 0.6 is 0 Å². The molecule has 1 heterocycles. The molecule has 0 aliphatic carbocycles. The van der Waals surface area contributed by atoms with Crippen molar-refractivity contribution >= 4 is 23.0 Å². The highest BCUT2D eigenvalue weighted by Crippen LogP contribution is 2.05. The first kappa shape index (κ1) is 10.0. The molecule has 0 saturated heterocycles. The highest BCUT2D eigenvalue weighted by Gasteiger charge is 2.00. The van der Waals surface area contributed by atoms with Crippen molar-refractivity contribution in [3.63, 3.8) is 0 Å². The molecule has 0 amide bonds. The Balaban J connectivity index is 0.000000213. The molecule has 0 unspecified atom stereocenters. The van der Waals surface area contributed by atoms with Gasteiger partial charge in [0.1, 0.15) is 11.0 Å². The van der Waals surface area contributed by atoms with Crippen molar-refractivity contribution in [3.05, 3.63) is 24.3 Å². The van der Waals surface area contributed by atoms with Crippen LogP contribution in [0.5, 0.6) is 0 Å². The molecule has 0 aliphatic heterocycles. The quantitative estimate of drug-likeness (QED) is 0.580. The van der Waals surface area contributed by atoms with Gasteiger partial charge in [0.15, 0.2) is 0 Å². The Bertz CT molecular complexity index is 399. The predicted octanol–water partition coefficient (Wildman–Crippen LogP) is -0.680. The summed E-state index contributed by atoms with van der Waals surface area (Å²) in [6, 6.07) is 7.88. The molecular formula is C9H11N3O2. The smallest absolute Gasteiger partial charge is 0.351 e. The number of H-pyrrole nitrogens is 2. The number of nitrogens with two attached hydrogens (primary N) is 1. The lowest BCUT2D eigenvalue weighted by molar-refractivity contribution is -0.325. The van der Waals surface area contributed by atoms with E-state index in [0.29, 0.717) is 5.95 Å². The van der Waals surface area contributed by atoms with E-state index in [0.717, 1.165) is 18.0 Å². The molecule has 0 atom stereocenters. The second kappa shape index (κ2) is 4.27. The van der Waals surface area contributed by atoms with Crippen LogP contribution < -0.4 is 15.8 Å². The van der Waals surface area contributed by atoms with E-state index in [1.165, 1.54) is 0 Å². The monoisotopic (exact) mass is 193 g/mol. The highest BCUT2D eigenvalue weighted by molar-refractivity contribution is 5.71. The number of fused-ring (bicyclic) bond motifs is 1. The largest absolute Gasteiger partial charge is 0.550 e. The van der Waals surface area contributed by atoms with Crippen LogP contribution in [0.3, 0.4) is 0 Å². The number of carboxylic acids is 1. The molecule has 5 nitrogen and oxygen atoms in total. The minimum atomic E-state index is -1.08. The summed E-state index contributed by atoms with van der Waals surface area (Å²) in [6.45, 7) is 0.972. The van der Waals surface area contributed by atoms with Gasteiger partial charge in [0, 0.05) is 5.97 Å². The Hall–Kier alpha value is -2.04. The zero-order valence-corrected chi connectivity index (χ0v) is 7.70. The van der Waals surface area contributed by atoms with E-state index in [2.05, 4.69) is 9.97 Å². The molecular weight excluding hydrogens is 182 g/mol. The van der Waals surface area contributed by atoms with Crippen LogP contribution in [-0.2, 0) is 4.79 Å². The molecule has 5 heteroatoms. The van der Waals surface area contributed by atoms with Gasteiger partial charge in [-0.05, 0) is 19.1 Å². The van der Waals surface area contributed by atoms with Gasteiger partial charge in [0.25, 0.3) is 0 Å². The van der Waals surface area contributed by atoms with Crippen LogP contribution in [0.1, 0.15) is 6.92 Å². The van der Waals surface area contributed by atoms with Crippen LogP contribution in [0, 0.1) is 0 Å². The molecule has 1 aromatic carbocycles. The Labute approximate surface area is 80.6 Å². The van der Waals surface area contributed by atoms with Crippen molar-refractivity contribution in [3.8, 4) is 0 Å². The van der Waals surface area contributed by atoms with E-state index in [-0.39, 0.29) is 0 Å². The van der Waals surface area contributed by atoms with Gasteiger partial charge in [0.05, 0.1) is 0 Å². The molecule has 2 rings (SSSR count). The maximum atomic E-state index is 8.89. The van der Waals surface area contributed by atoms with Crippen LogP contribution in [0.15, 0.2) is 24.3 Å². The summed E-state index contributed by atoms with van der Waals surface area (Å²) in [5.74, 6) is -0.485. The average molecular weight is 193 g/mol. The topological polar surface area (TPSA) is 96.1 Å². The maximum Gasteiger partial charge on any atom is 0.351 e. The minimum absolute atomic E-state index is 0.598. The second-order valence-corrected chi connectivity index (χ2v) is 2.70. The number of nitrogen functional groups attached to an aromatic ring is 1. The summed E-state index contributed by atoms with van der Waals surface area (Å²) in [4.78, 5) is 14.9. The number of anilines is 1. The third-order valence-electron chi connectivity index (χ3n) is 1.47. The van der Waals surface area contributed by atoms with Gasteiger partial charge in [-0.2, -0.15) is 0 Å². The number of carbonyl (C=O) groups excluding carboxylic acids is 1. The fourth-order valence-corrected chi connectivity index (χ4v) is 1.02. The zero-order chi connectivity index (χ0) is 10.6. The second-order valence-electron chi connectivity index (χ2n) is 2.70. The number of imidazole rings is 1. The van der Waals surface area contributed by atoms with E-state index < -0.39 is 5.97 Å². The van der Waals surface area contributed by atoms with E-state index in [9.17, 15) is 0 Å². The summed E-state index contributed by atoms with van der Waals surface area (Å²) in [5.41, 5.74) is 7.56. The minimum Gasteiger partial charge on any atom is -0.550 e. The molecule has 0 fully saturated rings. The van der Waals surface area contributed by atoms with E-state index in [1.807, 2.05) is 24.3 Å². The summed E-state index contributed by atoms with van der Waals surface area (Å²) in [5, 5.41) is 8.89. The first-order chi connectivity index (χ1) is 6.59. The number of hydrogen-bond donors (Lipinski definition) is 2. The number of hydrogen-bond acceptors (Lipinski definition) is 3. The number of aromatic amines is 2. The normalized spacial score (nSPS) is 9.21. The van der Waals surface area contributed by atoms with Crippen molar-refractivity contribution in [2.45, 2.75) is 6.92 Å². The standard InChI is InChI=1S/C7H7N3.C2H4O2/c8-7-9-5-3-1-2-4-6(5)10-7;1-2(3)4/h1-4H,(H3,8,9,10);1H3,(H,3,4). The average Bonchev–Trinajstić information content (AvgIpc) is 2.42. The Kier molecular flexibility index (Phi) is 3.06. The van der Waals surface area contributed by atoms with Crippen molar-refractivity contribution in [1.82, 2.24) is 4.98 Å². The molecule has 0 spiro atoms. The molecule has 1 aromatic heterocycles. The highest BCUT2D eigenvalue weighted by atomic mass is 16.4. The van der Waals surface area contributed by atoms with Crippen LogP contribution in [0.4, 0.5) is 5.95 Å². The molecule has 0 saturated carbocycles. The number of aliphatic carboxylic acids is 1. The third-order valence-corrected chi connectivity index (χ3v) is 1.47. The molecule has 74 valence electrons. The van der Waals surface area contributed by atoms with Crippen LogP contribution in [-0.4, -0.2) is 11.0 Å². The fraction of sp³-hybridized carbons (Fsp3) is 0.111. The fourth-order valence-electron chi connectivity index (χ4n) is 1.02. The van der Waals surface area contributed by atoms with Gasteiger partial charge >= 0.3 is 5.95 Å². The Morgan fingerprint density at radius 1 is 1.50 bits per heavy atom. The number of carboxylic acid groups (broad SMARTS) is 1. The van der Waals surface area contributed by atoms with Gasteiger partial charge in [-0.15, -0.1) is 0 Å². The van der Waals surface area contributed by atoms with E-state index >= 15 is 0 Å². The molecule has 0 radical (unpaired) electrons. The van der Waals surface area contributed by atoms with Gasteiger partial charge in [-0.1, -0.05) is 12.1 Å². The molecule has 14 heavy (non-hydrogen) atoms. The predicted molar refractivity (Wildman–Crippen MR) is 49.9 cm³/mol. The maximum absolute atomic E-state index is 8.89. The Morgan fingerprint density at radius 3 is 2.64 bits per heavy atom. The van der Waals surface area contributed by atoms with Gasteiger partial charge < -0.3 is 9.90 Å². The van der Waals surface area contributed by atoms with Crippen LogP contribution in [0.25, 0.3) is 11.0 Å². The lowest BCUT2D eigenvalue weighted by atomic mass is 10.3. The van der Waals surface area contributed by atoms with Crippen molar-refractivity contribution in [2.75, 3.05) is 5.73 Å². The first-order valence-electron chi connectivity index (χ1n) is 4.02. The number of carbonyl (C=O) groups is 1. The van der Waals surface area contributed by atoms with Gasteiger partial charge in [0.2, 0.25) is 0 Å². The molecule has 0 aliphatic rings. The summed E-state index contributed by atoms with van der Waals surface area (Å²) in [6.07, 6.45) is 0. The van der Waals surface area contributed by atoms with Gasteiger partial charge in [-0.25, -0.2) is 9.97 Å². The van der Waals surface area contributed by atoms with Crippen LogP contribution in [0.2, 0.25) is 0 Å². The van der Waals surface area contributed by atoms with E-state index in [4.69, 9.17) is 15.6 Å². The zero-order valence-electron chi connectivity index (χ0n) is 7.70. The first-order valence-corrected chi connectivity index (χ1v) is 4.02. The number of nitrogens with one attached hydrogen (secondary N) is 2.